The average Bonchev–Trinajstić information content (AvgIpc) is 3.08. The maximum absolute atomic E-state index is 12.4. The number of carbonyl (C=O) groups excluding carboxylic acids is 2. The maximum atomic E-state index is 12.4. The fraction of sp³-hybridized carbons (Fsp3) is 0.292. The summed E-state index contributed by atoms with van der Waals surface area (Å²) in [6, 6.07) is 11.5. The highest BCUT2D eigenvalue weighted by atomic mass is 32.1. The summed E-state index contributed by atoms with van der Waals surface area (Å²) in [5, 5.41) is 3.37. The predicted molar refractivity (Wildman–Crippen MR) is 122 cm³/mol. The van der Waals surface area contributed by atoms with Gasteiger partial charge in [0.05, 0.1) is 12.8 Å². The Bertz CT molecular complexity index is 1100. The van der Waals surface area contributed by atoms with E-state index in [0.717, 1.165) is 38.6 Å². The van der Waals surface area contributed by atoms with E-state index in [1.807, 2.05) is 64.1 Å². The number of ether oxygens (including phenoxy) is 1. The predicted octanol–water partition coefficient (Wildman–Crippen LogP) is 5.65. The minimum Gasteiger partial charge on any atom is -0.496 e. The van der Waals surface area contributed by atoms with Crippen LogP contribution in [0.4, 0.5) is 5.13 Å². The van der Waals surface area contributed by atoms with Crippen molar-refractivity contribution < 1.29 is 14.3 Å². The smallest absolute Gasteiger partial charge is 0.226 e. The first-order chi connectivity index (χ1) is 14.3. The summed E-state index contributed by atoms with van der Waals surface area (Å²) in [7, 11) is 1.65. The molecular weight excluding hydrogens is 396 g/mol. The first-order valence-corrected chi connectivity index (χ1v) is 10.6. The molecule has 0 aliphatic carbocycles. The van der Waals surface area contributed by atoms with Crippen LogP contribution in [0.2, 0.25) is 0 Å². The second-order valence-electron chi connectivity index (χ2n) is 7.38. The zero-order valence-corrected chi connectivity index (χ0v) is 18.8. The van der Waals surface area contributed by atoms with Crippen molar-refractivity contribution in [2.24, 2.45) is 0 Å². The third-order valence-corrected chi connectivity index (χ3v) is 6.01. The maximum Gasteiger partial charge on any atom is 0.226 e. The van der Waals surface area contributed by atoms with E-state index in [0.29, 0.717) is 10.7 Å². The van der Waals surface area contributed by atoms with Gasteiger partial charge in [0, 0.05) is 28.8 Å². The molecule has 0 saturated carbocycles. The largest absolute Gasteiger partial charge is 0.496 e. The Morgan fingerprint density at radius 1 is 0.967 bits per heavy atom. The molecule has 0 aliphatic heterocycles. The van der Waals surface area contributed by atoms with Crippen molar-refractivity contribution in [1.29, 1.82) is 0 Å². The number of thiazole rings is 1. The van der Waals surface area contributed by atoms with Crippen molar-refractivity contribution in [1.82, 2.24) is 4.98 Å². The van der Waals surface area contributed by atoms with E-state index in [4.69, 9.17) is 4.74 Å². The number of anilines is 1. The number of aromatic nitrogens is 1. The zero-order valence-electron chi connectivity index (χ0n) is 18.0. The minimum absolute atomic E-state index is 0.0297. The van der Waals surface area contributed by atoms with E-state index in [1.54, 1.807) is 7.11 Å². The third-order valence-electron chi connectivity index (χ3n) is 5.12. The van der Waals surface area contributed by atoms with Gasteiger partial charge >= 0.3 is 0 Å². The number of rotatable bonds is 7. The Kier molecular flexibility index (Phi) is 6.67. The molecule has 0 bridgehead atoms. The van der Waals surface area contributed by atoms with Crippen LogP contribution in [-0.4, -0.2) is 23.8 Å². The molecule has 5 nitrogen and oxygen atoms in total. The number of methoxy groups -OCH3 is 1. The number of amides is 1. The summed E-state index contributed by atoms with van der Waals surface area (Å²) in [6.45, 7) is 7.95. The summed E-state index contributed by atoms with van der Waals surface area (Å²) in [6.07, 6.45) is 0.296. The van der Waals surface area contributed by atoms with Crippen LogP contribution in [0.1, 0.15) is 44.8 Å². The summed E-state index contributed by atoms with van der Waals surface area (Å²) >= 11 is 1.43. The van der Waals surface area contributed by atoms with Gasteiger partial charge in [-0.05, 0) is 68.7 Å². The summed E-state index contributed by atoms with van der Waals surface area (Å²) in [5.41, 5.74) is 5.71. The molecule has 0 spiro atoms. The number of Topliss-reactive ketones (excluding diaryl/α,β-unsaturated/α-hetero) is 1. The van der Waals surface area contributed by atoms with Crippen LogP contribution < -0.4 is 10.1 Å². The van der Waals surface area contributed by atoms with Gasteiger partial charge in [-0.3, -0.25) is 9.59 Å². The molecule has 0 radical (unpaired) electrons. The average molecular weight is 423 g/mol. The lowest BCUT2D eigenvalue weighted by Crippen LogP contribution is -2.13. The summed E-state index contributed by atoms with van der Waals surface area (Å²) in [5.74, 6) is 0.588. The second kappa shape index (κ2) is 9.22. The van der Waals surface area contributed by atoms with E-state index in [2.05, 4.69) is 10.3 Å². The number of carbonyl (C=O) groups is 2. The number of benzene rings is 2. The first kappa shape index (κ1) is 21.7. The normalized spacial score (nSPS) is 10.7. The van der Waals surface area contributed by atoms with Crippen LogP contribution in [0.25, 0.3) is 11.3 Å². The van der Waals surface area contributed by atoms with Crippen LogP contribution >= 0.6 is 11.3 Å². The van der Waals surface area contributed by atoms with Crippen molar-refractivity contribution in [2.45, 2.75) is 40.5 Å². The molecule has 1 amide bonds. The summed E-state index contributed by atoms with van der Waals surface area (Å²) in [4.78, 5) is 30.3. The van der Waals surface area contributed by atoms with Gasteiger partial charge in [0.2, 0.25) is 5.91 Å². The third kappa shape index (κ3) is 4.94. The van der Waals surface area contributed by atoms with Crippen molar-refractivity contribution in [2.75, 3.05) is 12.4 Å². The number of hydrogen-bond donors (Lipinski definition) is 1. The van der Waals surface area contributed by atoms with Gasteiger partial charge < -0.3 is 10.1 Å². The van der Waals surface area contributed by atoms with Gasteiger partial charge in [-0.25, -0.2) is 4.98 Å². The van der Waals surface area contributed by atoms with Gasteiger partial charge in [0.25, 0.3) is 0 Å². The molecule has 0 saturated heterocycles. The Morgan fingerprint density at radius 3 is 2.40 bits per heavy atom. The van der Waals surface area contributed by atoms with Crippen molar-refractivity contribution in [3.63, 3.8) is 0 Å². The van der Waals surface area contributed by atoms with E-state index in [-0.39, 0.29) is 24.5 Å². The molecular formula is C24H26N2O3S. The molecule has 6 heteroatoms. The first-order valence-electron chi connectivity index (χ1n) is 9.81. The molecule has 0 unspecified atom stereocenters. The van der Waals surface area contributed by atoms with Crippen LogP contribution in [0.15, 0.2) is 36.4 Å². The van der Waals surface area contributed by atoms with Crippen LogP contribution in [0.5, 0.6) is 5.75 Å². The molecule has 0 atom stereocenters. The Hall–Kier alpha value is -2.99. The molecule has 1 heterocycles. The fourth-order valence-corrected chi connectivity index (χ4v) is 4.06. The Labute approximate surface area is 181 Å². The van der Waals surface area contributed by atoms with Crippen molar-refractivity contribution in [3.05, 3.63) is 63.5 Å². The standard InChI is InChI=1S/C24H26N2O3S/c1-14-6-7-18(12-15(14)2)20(27)9-11-22(28)25-24-26-23(17(4)30-24)19-8-10-21(29-5)16(3)13-19/h6-8,10,12-13H,9,11H2,1-5H3,(H,25,26,28). The monoisotopic (exact) mass is 422 g/mol. The number of nitrogens with zero attached hydrogens (tertiary/aromatic N) is 1. The second-order valence-corrected chi connectivity index (χ2v) is 8.58. The molecule has 1 N–H and O–H groups in total. The highest BCUT2D eigenvalue weighted by Crippen LogP contribution is 2.32. The SMILES string of the molecule is COc1ccc(-c2nc(NC(=O)CCC(=O)c3ccc(C)c(C)c3)sc2C)cc1C. The number of nitrogens with one attached hydrogen (secondary N) is 1. The molecule has 0 fully saturated rings. The van der Waals surface area contributed by atoms with Gasteiger partial charge in [-0.2, -0.15) is 0 Å². The van der Waals surface area contributed by atoms with Gasteiger partial charge in [-0.15, -0.1) is 11.3 Å². The van der Waals surface area contributed by atoms with E-state index in [1.165, 1.54) is 11.3 Å². The van der Waals surface area contributed by atoms with Gasteiger partial charge in [0.15, 0.2) is 10.9 Å². The lowest BCUT2D eigenvalue weighted by Gasteiger charge is -2.06. The molecule has 0 aliphatic rings. The van der Waals surface area contributed by atoms with Crippen molar-refractivity contribution >= 4 is 28.2 Å². The molecule has 1 aromatic heterocycles. The topological polar surface area (TPSA) is 68.3 Å². The van der Waals surface area contributed by atoms with Crippen LogP contribution in [0.3, 0.4) is 0 Å². The molecule has 30 heavy (non-hydrogen) atoms. The quantitative estimate of drug-likeness (QED) is 0.499. The number of aryl methyl sites for hydroxylation is 4. The lowest BCUT2D eigenvalue weighted by molar-refractivity contribution is -0.116. The van der Waals surface area contributed by atoms with E-state index in [9.17, 15) is 9.59 Å². The van der Waals surface area contributed by atoms with Crippen LogP contribution in [-0.2, 0) is 4.79 Å². The fourth-order valence-electron chi connectivity index (χ4n) is 3.21. The molecule has 156 valence electrons. The lowest BCUT2D eigenvalue weighted by atomic mass is 10.0. The van der Waals surface area contributed by atoms with E-state index >= 15 is 0 Å². The highest BCUT2D eigenvalue weighted by molar-refractivity contribution is 7.16. The Balaban J connectivity index is 1.63. The van der Waals surface area contributed by atoms with Crippen LogP contribution in [0, 0.1) is 27.7 Å². The highest BCUT2D eigenvalue weighted by Gasteiger charge is 2.15. The molecule has 3 rings (SSSR count). The van der Waals surface area contributed by atoms with Gasteiger partial charge in [-0.1, -0.05) is 12.1 Å². The molecule has 2 aromatic carbocycles. The van der Waals surface area contributed by atoms with Gasteiger partial charge in [0.1, 0.15) is 5.75 Å². The zero-order chi connectivity index (χ0) is 21.8. The Morgan fingerprint density at radius 2 is 1.73 bits per heavy atom. The van der Waals surface area contributed by atoms with E-state index < -0.39 is 0 Å². The number of hydrogen-bond acceptors (Lipinski definition) is 5. The minimum atomic E-state index is -0.210. The molecule has 3 aromatic rings. The number of ketones is 1. The van der Waals surface area contributed by atoms with Crippen molar-refractivity contribution in [3.8, 4) is 17.0 Å². The summed E-state index contributed by atoms with van der Waals surface area (Å²) < 4.78 is 5.31.